The minimum absolute atomic E-state index is 0.0354. The van der Waals surface area contributed by atoms with Crippen LogP contribution in [0.1, 0.15) is 37.1 Å². The van der Waals surface area contributed by atoms with E-state index in [1.807, 2.05) is 40.7 Å². The molecule has 2 bridgehead atoms. The minimum atomic E-state index is -0.219. The summed E-state index contributed by atoms with van der Waals surface area (Å²) in [6.07, 6.45) is 8.04. The summed E-state index contributed by atoms with van der Waals surface area (Å²) in [6.45, 7) is 2.24. The number of hydrogen-bond donors (Lipinski definition) is 0. The van der Waals surface area contributed by atoms with Gasteiger partial charge in [0.15, 0.2) is 5.65 Å². The maximum absolute atomic E-state index is 12.4. The van der Waals surface area contributed by atoms with Crippen LogP contribution in [0.2, 0.25) is 0 Å². The van der Waals surface area contributed by atoms with Crippen LogP contribution in [0.5, 0.6) is 0 Å². The molecule has 0 radical (unpaired) electrons. The standard InChI is InChI=1S/C19H19N5O2/c1-2-26-19(25)24-13-3-4-17(24)14-11-23-18(21-16(14)9-13)10-15(22-23)12-5-7-20-8-6-12/h5-8,10-11,13,17H,2-4,9H2,1H3. The van der Waals surface area contributed by atoms with Gasteiger partial charge in [0.2, 0.25) is 0 Å². The van der Waals surface area contributed by atoms with Gasteiger partial charge in [0, 0.05) is 48.2 Å². The Morgan fingerprint density at radius 2 is 2.15 bits per heavy atom. The fraction of sp³-hybridized carbons (Fsp3) is 0.368. The van der Waals surface area contributed by atoms with E-state index >= 15 is 0 Å². The molecule has 7 heteroatoms. The number of aromatic nitrogens is 4. The maximum atomic E-state index is 12.4. The SMILES string of the molecule is CCOC(=O)N1C2CCC1c1cn3nc(-c4ccncc4)cc3nc1C2. The molecule has 5 rings (SSSR count). The second kappa shape index (κ2) is 5.79. The van der Waals surface area contributed by atoms with Crippen LogP contribution in [0, 0.1) is 0 Å². The molecule has 5 heterocycles. The number of nitrogens with zero attached hydrogens (tertiary/aromatic N) is 5. The molecule has 0 spiro atoms. The van der Waals surface area contributed by atoms with E-state index in [2.05, 4.69) is 10.1 Å². The van der Waals surface area contributed by atoms with Gasteiger partial charge in [0.25, 0.3) is 0 Å². The molecule has 0 saturated carbocycles. The van der Waals surface area contributed by atoms with E-state index in [4.69, 9.17) is 9.72 Å². The molecule has 132 valence electrons. The zero-order chi connectivity index (χ0) is 17.7. The molecular weight excluding hydrogens is 330 g/mol. The minimum Gasteiger partial charge on any atom is -0.450 e. The number of hydrogen-bond acceptors (Lipinski definition) is 5. The monoisotopic (exact) mass is 349 g/mol. The number of rotatable bonds is 2. The Balaban J connectivity index is 1.57. The highest BCUT2D eigenvalue weighted by Crippen LogP contribution is 2.43. The lowest BCUT2D eigenvalue weighted by atomic mass is 10.00. The molecular formula is C19H19N5O2. The van der Waals surface area contributed by atoms with Crippen molar-refractivity contribution in [3.63, 3.8) is 0 Å². The summed E-state index contributed by atoms with van der Waals surface area (Å²) in [6, 6.07) is 6.09. The van der Waals surface area contributed by atoms with Gasteiger partial charge >= 0.3 is 6.09 Å². The third-order valence-electron chi connectivity index (χ3n) is 5.31. The molecule has 1 amide bonds. The van der Waals surface area contributed by atoms with Gasteiger partial charge in [0.1, 0.15) is 0 Å². The zero-order valence-electron chi connectivity index (χ0n) is 14.5. The number of fused-ring (bicyclic) bond motifs is 5. The first-order chi connectivity index (χ1) is 12.7. The molecule has 2 unspecified atom stereocenters. The average molecular weight is 349 g/mol. The van der Waals surface area contributed by atoms with Crippen molar-refractivity contribution in [1.82, 2.24) is 24.5 Å². The van der Waals surface area contributed by atoms with Gasteiger partial charge in [-0.3, -0.25) is 9.88 Å². The van der Waals surface area contributed by atoms with Crippen molar-refractivity contribution < 1.29 is 9.53 Å². The summed E-state index contributed by atoms with van der Waals surface area (Å²) >= 11 is 0. The topological polar surface area (TPSA) is 72.6 Å². The van der Waals surface area contributed by atoms with Gasteiger partial charge in [-0.25, -0.2) is 14.3 Å². The molecule has 3 aromatic heterocycles. The van der Waals surface area contributed by atoms with E-state index < -0.39 is 0 Å². The van der Waals surface area contributed by atoms with Crippen LogP contribution in [0.25, 0.3) is 16.9 Å². The average Bonchev–Trinajstić information content (AvgIpc) is 3.21. The van der Waals surface area contributed by atoms with Gasteiger partial charge < -0.3 is 4.74 Å². The fourth-order valence-electron chi connectivity index (χ4n) is 4.16. The largest absolute Gasteiger partial charge is 0.450 e. The van der Waals surface area contributed by atoms with E-state index in [-0.39, 0.29) is 18.2 Å². The van der Waals surface area contributed by atoms with Gasteiger partial charge in [0.05, 0.1) is 24.0 Å². The van der Waals surface area contributed by atoms with Crippen molar-refractivity contribution in [2.45, 2.75) is 38.3 Å². The van der Waals surface area contributed by atoms with Crippen molar-refractivity contribution in [2.24, 2.45) is 0 Å². The summed E-state index contributed by atoms with van der Waals surface area (Å²) in [5.41, 5.74) is 4.88. The number of carbonyl (C=O) groups is 1. The van der Waals surface area contributed by atoms with E-state index in [1.165, 1.54) is 0 Å². The molecule has 1 fully saturated rings. The Hall–Kier alpha value is -2.96. The van der Waals surface area contributed by atoms with Crippen molar-refractivity contribution in [2.75, 3.05) is 6.61 Å². The molecule has 1 saturated heterocycles. The summed E-state index contributed by atoms with van der Waals surface area (Å²) in [5.74, 6) is 0. The fourth-order valence-corrected chi connectivity index (χ4v) is 4.16. The number of amides is 1. The highest BCUT2D eigenvalue weighted by Gasteiger charge is 2.44. The highest BCUT2D eigenvalue weighted by molar-refractivity contribution is 5.70. The second-order valence-corrected chi connectivity index (χ2v) is 6.77. The smallest absolute Gasteiger partial charge is 0.410 e. The molecule has 0 aliphatic carbocycles. The Morgan fingerprint density at radius 1 is 1.31 bits per heavy atom. The summed E-state index contributed by atoms with van der Waals surface area (Å²) in [5, 5.41) is 4.67. The lowest BCUT2D eigenvalue weighted by molar-refractivity contribution is 0.0833. The van der Waals surface area contributed by atoms with E-state index in [9.17, 15) is 4.79 Å². The summed E-state index contributed by atoms with van der Waals surface area (Å²) in [4.78, 5) is 23.2. The Kier molecular flexibility index (Phi) is 3.41. The van der Waals surface area contributed by atoms with Crippen LogP contribution >= 0.6 is 0 Å². The molecule has 7 nitrogen and oxygen atoms in total. The second-order valence-electron chi connectivity index (χ2n) is 6.77. The highest BCUT2D eigenvalue weighted by atomic mass is 16.6. The Morgan fingerprint density at radius 3 is 2.96 bits per heavy atom. The summed E-state index contributed by atoms with van der Waals surface area (Å²) < 4.78 is 7.08. The van der Waals surface area contributed by atoms with Gasteiger partial charge in [-0.05, 0) is 31.9 Å². The molecule has 2 aliphatic rings. The van der Waals surface area contributed by atoms with Crippen LogP contribution in [-0.4, -0.2) is 43.2 Å². The van der Waals surface area contributed by atoms with Gasteiger partial charge in [-0.1, -0.05) is 0 Å². The van der Waals surface area contributed by atoms with Crippen LogP contribution in [-0.2, 0) is 11.2 Å². The number of pyridine rings is 1. The lowest BCUT2D eigenvalue weighted by Crippen LogP contribution is -2.42. The first-order valence-electron chi connectivity index (χ1n) is 8.99. The normalized spacial score (nSPS) is 21.0. The lowest BCUT2D eigenvalue weighted by Gasteiger charge is -2.34. The Labute approximate surface area is 150 Å². The van der Waals surface area contributed by atoms with Gasteiger partial charge in [-0.15, -0.1) is 0 Å². The van der Waals surface area contributed by atoms with Crippen LogP contribution in [0.3, 0.4) is 0 Å². The molecule has 2 atom stereocenters. The zero-order valence-corrected chi connectivity index (χ0v) is 14.5. The predicted octanol–water partition coefficient (Wildman–Crippen LogP) is 3.01. The molecule has 0 aromatic carbocycles. The van der Waals surface area contributed by atoms with Crippen molar-refractivity contribution in [3.8, 4) is 11.3 Å². The summed E-state index contributed by atoms with van der Waals surface area (Å²) in [7, 11) is 0. The molecule has 3 aromatic rings. The Bertz CT molecular complexity index is 984. The van der Waals surface area contributed by atoms with E-state index in [0.717, 1.165) is 47.4 Å². The molecule has 2 aliphatic heterocycles. The van der Waals surface area contributed by atoms with Crippen LogP contribution in [0.4, 0.5) is 4.79 Å². The number of ether oxygens (including phenoxy) is 1. The van der Waals surface area contributed by atoms with Crippen molar-refractivity contribution >= 4 is 11.7 Å². The third kappa shape index (κ3) is 2.27. The first kappa shape index (κ1) is 15.3. The van der Waals surface area contributed by atoms with Crippen molar-refractivity contribution in [3.05, 3.63) is 48.0 Å². The predicted molar refractivity (Wildman–Crippen MR) is 94.5 cm³/mol. The van der Waals surface area contributed by atoms with Crippen LogP contribution in [0.15, 0.2) is 36.8 Å². The molecule has 0 N–H and O–H groups in total. The van der Waals surface area contributed by atoms with E-state index in [1.54, 1.807) is 12.4 Å². The molecule has 26 heavy (non-hydrogen) atoms. The van der Waals surface area contributed by atoms with E-state index in [0.29, 0.717) is 6.61 Å². The third-order valence-corrected chi connectivity index (χ3v) is 5.31. The first-order valence-corrected chi connectivity index (χ1v) is 8.99. The quantitative estimate of drug-likeness (QED) is 0.711. The van der Waals surface area contributed by atoms with Gasteiger partial charge in [-0.2, -0.15) is 5.10 Å². The maximum Gasteiger partial charge on any atom is 0.410 e. The van der Waals surface area contributed by atoms with Crippen molar-refractivity contribution in [1.29, 1.82) is 0 Å². The number of carbonyl (C=O) groups excluding carboxylic acids is 1. The van der Waals surface area contributed by atoms with Crippen LogP contribution < -0.4 is 0 Å².